The van der Waals surface area contributed by atoms with Gasteiger partial charge in [-0.25, -0.2) is 9.37 Å². The maximum absolute atomic E-state index is 13.4. The summed E-state index contributed by atoms with van der Waals surface area (Å²) < 4.78 is 13.4. The molecule has 0 fully saturated rings. The average molecular weight is 321 g/mol. The summed E-state index contributed by atoms with van der Waals surface area (Å²) in [6, 6.07) is 6.53. The fourth-order valence-corrected chi connectivity index (χ4v) is 3.01. The number of fused-ring (bicyclic) bond motifs is 1. The number of nitrogens with one attached hydrogen (secondary N) is 1. The van der Waals surface area contributed by atoms with Gasteiger partial charge in [-0.05, 0) is 56.2 Å². The van der Waals surface area contributed by atoms with Gasteiger partial charge in [0, 0.05) is 17.6 Å². The molecule has 0 bridgehead atoms. The number of halogens is 2. The van der Waals surface area contributed by atoms with Gasteiger partial charge in [0.15, 0.2) is 0 Å². The Bertz CT molecular complexity index is 744. The van der Waals surface area contributed by atoms with Crippen LogP contribution in [0.3, 0.4) is 0 Å². The second-order valence-electron chi connectivity index (χ2n) is 6.21. The minimum Gasteiger partial charge on any atom is -0.387 e. The maximum atomic E-state index is 13.4. The van der Waals surface area contributed by atoms with Crippen molar-refractivity contribution in [3.05, 3.63) is 51.9 Å². The number of aliphatic hydroxyl groups is 1. The van der Waals surface area contributed by atoms with Crippen molar-refractivity contribution in [3.8, 4) is 11.3 Å². The molecule has 116 valence electrons. The highest BCUT2D eigenvalue weighted by atomic mass is 35.5. The summed E-state index contributed by atoms with van der Waals surface area (Å²) in [5, 5.41) is 13.4. The Hall–Kier alpha value is -1.49. The van der Waals surface area contributed by atoms with Crippen molar-refractivity contribution in [2.75, 3.05) is 0 Å². The summed E-state index contributed by atoms with van der Waals surface area (Å²) in [6.07, 6.45) is -0.670. The van der Waals surface area contributed by atoms with Crippen LogP contribution < -0.4 is 5.32 Å². The first-order valence-electron chi connectivity index (χ1n) is 7.22. The quantitative estimate of drug-likeness (QED) is 0.881. The van der Waals surface area contributed by atoms with Crippen molar-refractivity contribution in [1.29, 1.82) is 0 Å². The second-order valence-corrected chi connectivity index (χ2v) is 6.61. The van der Waals surface area contributed by atoms with E-state index >= 15 is 0 Å². The van der Waals surface area contributed by atoms with Gasteiger partial charge in [0.2, 0.25) is 0 Å². The Kier molecular flexibility index (Phi) is 3.71. The Morgan fingerprint density at radius 3 is 2.73 bits per heavy atom. The summed E-state index contributed by atoms with van der Waals surface area (Å²) >= 11 is 5.91. The lowest BCUT2D eigenvalue weighted by Crippen LogP contribution is -2.28. The van der Waals surface area contributed by atoms with Gasteiger partial charge >= 0.3 is 0 Å². The highest BCUT2D eigenvalue weighted by molar-refractivity contribution is 6.31. The predicted octanol–water partition coefficient (Wildman–Crippen LogP) is 3.93. The van der Waals surface area contributed by atoms with E-state index in [9.17, 15) is 9.50 Å². The minimum atomic E-state index is -0.670. The SMILES string of the molecule is CC(O)c1cc2c(c(-c3ccc(F)c(Cl)c3)n1)CNC2(C)C. The molecule has 0 aliphatic carbocycles. The van der Waals surface area contributed by atoms with Crippen molar-refractivity contribution < 1.29 is 9.50 Å². The Labute approximate surface area is 134 Å². The molecule has 3 rings (SSSR count). The molecular weight excluding hydrogens is 303 g/mol. The predicted molar refractivity (Wildman–Crippen MR) is 85.1 cm³/mol. The monoisotopic (exact) mass is 320 g/mol. The Morgan fingerprint density at radius 2 is 2.09 bits per heavy atom. The highest BCUT2D eigenvalue weighted by Gasteiger charge is 2.32. The first kappa shape index (κ1) is 15.4. The molecule has 0 spiro atoms. The first-order valence-corrected chi connectivity index (χ1v) is 7.60. The van der Waals surface area contributed by atoms with Crippen molar-refractivity contribution in [2.45, 2.75) is 39.0 Å². The molecule has 0 saturated heterocycles. The summed E-state index contributed by atoms with van der Waals surface area (Å²) in [5.41, 5.74) is 4.08. The summed E-state index contributed by atoms with van der Waals surface area (Å²) in [4.78, 5) is 4.58. The van der Waals surface area contributed by atoms with Crippen LogP contribution in [0.1, 0.15) is 43.7 Å². The smallest absolute Gasteiger partial charge is 0.141 e. The third-order valence-electron chi connectivity index (χ3n) is 4.15. The molecule has 3 nitrogen and oxygen atoms in total. The van der Waals surface area contributed by atoms with E-state index in [1.165, 1.54) is 6.07 Å². The zero-order valence-corrected chi connectivity index (χ0v) is 13.5. The van der Waals surface area contributed by atoms with Crippen LogP contribution in [0.4, 0.5) is 4.39 Å². The number of benzene rings is 1. The lowest BCUT2D eigenvalue weighted by molar-refractivity contribution is 0.194. The molecule has 22 heavy (non-hydrogen) atoms. The molecule has 5 heteroatoms. The van der Waals surface area contributed by atoms with E-state index in [2.05, 4.69) is 24.1 Å². The maximum Gasteiger partial charge on any atom is 0.141 e. The lowest BCUT2D eigenvalue weighted by atomic mass is 9.91. The summed E-state index contributed by atoms with van der Waals surface area (Å²) in [6.45, 7) is 6.55. The van der Waals surface area contributed by atoms with Crippen LogP contribution in [0.25, 0.3) is 11.3 Å². The van der Waals surface area contributed by atoms with E-state index in [1.54, 1.807) is 19.1 Å². The van der Waals surface area contributed by atoms with Gasteiger partial charge in [-0.15, -0.1) is 0 Å². The van der Waals surface area contributed by atoms with Crippen molar-refractivity contribution in [1.82, 2.24) is 10.3 Å². The molecule has 2 aromatic rings. The van der Waals surface area contributed by atoms with E-state index in [0.29, 0.717) is 12.2 Å². The third kappa shape index (κ3) is 2.51. The van der Waals surface area contributed by atoms with Crippen LogP contribution in [-0.4, -0.2) is 10.1 Å². The lowest BCUT2D eigenvalue weighted by Gasteiger charge is -2.21. The molecule has 1 atom stereocenters. The molecular formula is C17H18ClFN2O. The van der Waals surface area contributed by atoms with E-state index < -0.39 is 11.9 Å². The topological polar surface area (TPSA) is 45.2 Å². The third-order valence-corrected chi connectivity index (χ3v) is 4.44. The number of hydrogen-bond donors (Lipinski definition) is 2. The molecule has 1 unspecified atom stereocenters. The van der Waals surface area contributed by atoms with Crippen LogP contribution in [0.2, 0.25) is 5.02 Å². The molecule has 1 aromatic heterocycles. The average Bonchev–Trinajstić information content (AvgIpc) is 2.77. The van der Waals surface area contributed by atoms with Crippen LogP contribution in [-0.2, 0) is 12.1 Å². The minimum absolute atomic E-state index is 0.0701. The zero-order valence-electron chi connectivity index (χ0n) is 12.7. The highest BCUT2D eigenvalue weighted by Crippen LogP contribution is 2.38. The summed E-state index contributed by atoms with van der Waals surface area (Å²) in [5.74, 6) is -0.452. The number of pyridine rings is 1. The van der Waals surface area contributed by atoms with Crippen LogP contribution >= 0.6 is 11.6 Å². The molecule has 0 radical (unpaired) electrons. The van der Waals surface area contributed by atoms with Gasteiger partial charge in [0.05, 0.1) is 22.5 Å². The van der Waals surface area contributed by atoms with Gasteiger partial charge in [0.25, 0.3) is 0 Å². The molecule has 0 saturated carbocycles. The fraction of sp³-hybridized carbons (Fsp3) is 0.353. The second kappa shape index (κ2) is 5.30. The molecule has 1 aliphatic heterocycles. The van der Waals surface area contributed by atoms with Crippen LogP contribution in [0, 0.1) is 5.82 Å². The molecule has 0 amide bonds. The van der Waals surface area contributed by atoms with Crippen molar-refractivity contribution in [3.63, 3.8) is 0 Å². The van der Waals surface area contributed by atoms with Crippen LogP contribution in [0.5, 0.6) is 0 Å². The van der Waals surface area contributed by atoms with Gasteiger partial charge in [-0.2, -0.15) is 0 Å². The van der Waals surface area contributed by atoms with Gasteiger partial charge in [0.1, 0.15) is 5.82 Å². The number of nitrogens with zero attached hydrogens (tertiary/aromatic N) is 1. The van der Waals surface area contributed by atoms with E-state index in [0.717, 1.165) is 22.4 Å². The Balaban J connectivity index is 2.25. The normalized spacial score (nSPS) is 17.4. The van der Waals surface area contributed by atoms with Crippen LogP contribution in [0.15, 0.2) is 24.3 Å². The number of hydrogen-bond acceptors (Lipinski definition) is 3. The Morgan fingerprint density at radius 1 is 1.36 bits per heavy atom. The summed E-state index contributed by atoms with van der Waals surface area (Å²) in [7, 11) is 0. The molecule has 1 aliphatic rings. The molecule has 2 N–H and O–H groups in total. The number of aromatic nitrogens is 1. The standard InChI is InChI=1S/C17H18ClFN2O/c1-9(22)15-7-12-11(8-20-17(12,2)3)16(21-15)10-4-5-14(19)13(18)6-10/h4-7,9,20,22H,8H2,1-3H3. The van der Waals surface area contributed by atoms with Crippen molar-refractivity contribution in [2.24, 2.45) is 0 Å². The zero-order chi connectivity index (χ0) is 16.1. The van der Waals surface area contributed by atoms with E-state index in [-0.39, 0.29) is 10.6 Å². The largest absolute Gasteiger partial charge is 0.387 e. The fourth-order valence-electron chi connectivity index (χ4n) is 2.83. The number of aliphatic hydroxyl groups excluding tert-OH is 1. The number of rotatable bonds is 2. The van der Waals surface area contributed by atoms with Gasteiger partial charge in [-0.3, -0.25) is 0 Å². The van der Waals surface area contributed by atoms with E-state index in [1.807, 2.05) is 6.07 Å². The van der Waals surface area contributed by atoms with E-state index in [4.69, 9.17) is 11.6 Å². The first-order chi connectivity index (χ1) is 10.3. The van der Waals surface area contributed by atoms with Gasteiger partial charge in [-0.1, -0.05) is 11.6 Å². The molecule has 1 aromatic carbocycles. The van der Waals surface area contributed by atoms with Gasteiger partial charge < -0.3 is 10.4 Å². The molecule has 2 heterocycles. The van der Waals surface area contributed by atoms with Crippen molar-refractivity contribution >= 4 is 11.6 Å².